The Morgan fingerprint density at radius 1 is 1.30 bits per heavy atom. The van der Waals surface area contributed by atoms with Crippen molar-refractivity contribution >= 4 is 24.5 Å². The predicted molar refractivity (Wildman–Crippen MR) is 91.7 cm³/mol. The second-order valence-corrected chi connectivity index (χ2v) is 7.49. The average molecular weight is 334 g/mol. The fourth-order valence-electron chi connectivity index (χ4n) is 2.33. The van der Waals surface area contributed by atoms with E-state index in [1.54, 1.807) is 23.1 Å². The van der Waals surface area contributed by atoms with Gasteiger partial charge in [0.15, 0.2) is 0 Å². The summed E-state index contributed by atoms with van der Waals surface area (Å²) in [6.07, 6.45) is 1.42. The summed E-state index contributed by atoms with van der Waals surface area (Å²) in [4.78, 5) is 0. The molecular weight excluding hydrogens is 314 g/mol. The second kappa shape index (κ2) is 5.58. The van der Waals surface area contributed by atoms with Gasteiger partial charge in [0, 0.05) is 18.0 Å². The molecule has 0 atom stereocenters. The third kappa shape index (κ3) is 3.01. The molecule has 3 heterocycles. The van der Waals surface area contributed by atoms with Crippen LogP contribution in [0.15, 0.2) is 28.6 Å². The Morgan fingerprint density at radius 3 is 2.52 bits per heavy atom. The molecule has 3 rings (SSSR count). The highest BCUT2D eigenvalue weighted by Gasteiger charge is 2.53. The maximum absolute atomic E-state index is 14.6. The van der Waals surface area contributed by atoms with Gasteiger partial charge in [0.05, 0.1) is 22.6 Å². The zero-order valence-corrected chi connectivity index (χ0v) is 14.8. The van der Waals surface area contributed by atoms with Crippen LogP contribution in [-0.2, 0) is 16.4 Å². The molecule has 1 aliphatic heterocycles. The highest BCUT2D eigenvalue weighted by molar-refractivity contribution is 7.08. The van der Waals surface area contributed by atoms with Crippen LogP contribution in [0.2, 0.25) is 0 Å². The molecule has 2 aromatic rings. The van der Waals surface area contributed by atoms with Gasteiger partial charge in [-0.2, -0.15) is 16.4 Å². The van der Waals surface area contributed by atoms with Gasteiger partial charge in [-0.25, -0.2) is 4.39 Å². The molecule has 7 heteroatoms. The van der Waals surface area contributed by atoms with Crippen LogP contribution in [0.4, 0.5) is 4.39 Å². The van der Waals surface area contributed by atoms with E-state index < -0.39 is 24.0 Å². The van der Waals surface area contributed by atoms with Crippen molar-refractivity contribution in [3.63, 3.8) is 0 Å². The first kappa shape index (κ1) is 16.4. The molecule has 122 valence electrons. The minimum atomic E-state index is -0.987. The van der Waals surface area contributed by atoms with Crippen LogP contribution in [0.5, 0.6) is 0 Å². The summed E-state index contributed by atoms with van der Waals surface area (Å²) < 4.78 is 27.7. The second-order valence-electron chi connectivity index (χ2n) is 6.71. The van der Waals surface area contributed by atoms with E-state index in [0.29, 0.717) is 5.69 Å². The van der Waals surface area contributed by atoms with Crippen LogP contribution in [0.3, 0.4) is 0 Å². The van der Waals surface area contributed by atoms with Crippen LogP contribution < -0.4 is 0 Å². The van der Waals surface area contributed by atoms with Crippen LogP contribution in [-0.4, -0.2) is 28.1 Å². The SMILES string of the molecule is Cn1nc(-c2ccsc2)cc1C=C(F)B1OC(C)(C)C(C)(C)O1. The topological polar surface area (TPSA) is 36.3 Å². The summed E-state index contributed by atoms with van der Waals surface area (Å²) in [7, 11) is 0.804. The Labute approximate surface area is 140 Å². The lowest BCUT2D eigenvalue weighted by atomic mass is 9.87. The lowest BCUT2D eigenvalue weighted by Crippen LogP contribution is -2.41. The van der Waals surface area contributed by atoms with Gasteiger partial charge in [0.1, 0.15) is 5.73 Å². The Hall–Kier alpha value is -1.44. The van der Waals surface area contributed by atoms with Crippen LogP contribution in [0, 0.1) is 0 Å². The molecule has 0 N–H and O–H groups in total. The largest absolute Gasteiger partial charge is 0.525 e. The van der Waals surface area contributed by atoms with E-state index in [4.69, 9.17) is 9.31 Å². The predicted octanol–water partition coefficient (Wildman–Crippen LogP) is 4.09. The molecule has 1 aliphatic rings. The third-order valence-corrected chi connectivity index (χ3v) is 5.18. The van der Waals surface area contributed by atoms with Gasteiger partial charge in [0.25, 0.3) is 0 Å². The zero-order valence-electron chi connectivity index (χ0n) is 14.0. The molecule has 0 bridgehead atoms. The van der Waals surface area contributed by atoms with Crippen molar-refractivity contribution in [2.45, 2.75) is 38.9 Å². The molecule has 1 fully saturated rings. The van der Waals surface area contributed by atoms with E-state index in [1.165, 1.54) is 6.08 Å². The van der Waals surface area contributed by atoms with Crippen LogP contribution >= 0.6 is 11.3 Å². The molecule has 23 heavy (non-hydrogen) atoms. The maximum atomic E-state index is 14.6. The van der Waals surface area contributed by atoms with E-state index in [-0.39, 0.29) is 0 Å². The quantitative estimate of drug-likeness (QED) is 0.793. The van der Waals surface area contributed by atoms with Crippen molar-refractivity contribution in [1.82, 2.24) is 9.78 Å². The minimum absolute atomic E-state index is 0.455. The number of nitrogens with zero attached hydrogens (tertiary/aromatic N) is 2. The van der Waals surface area contributed by atoms with Gasteiger partial charge < -0.3 is 9.31 Å². The molecule has 1 saturated heterocycles. The molecule has 0 amide bonds. The number of aryl methyl sites for hydroxylation is 1. The van der Waals surface area contributed by atoms with E-state index >= 15 is 0 Å². The van der Waals surface area contributed by atoms with Crippen molar-refractivity contribution in [3.05, 3.63) is 34.3 Å². The van der Waals surface area contributed by atoms with Crippen molar-refractivity contribution in [2.24, 2.45) is 7.05 Å². The molecule has 0 aromatic carbocycles. The first-order valence-corrected chi connectivity index (χ1v) is 8.43. The normalized spacial score (nSPS) is 20.3. The van der Waals surface area contributed by atoms with Gasteiger partial charge >= 0.3 is 7.12 Å². The van der Waals surface area contributed by atoms with Gasteiger partial charge in [0.2, 0.25) is 0 Å². The standard InChI is InChI=1S/C16H20BFN2O2S/c1-15(2)16(3,4)22-17(21-15)14(18)9-12-8-13(19-20(12)5)11-6-7-23-10-11/h6-10H,1-5H3. The van der Waals surface area contributed by atoms with Crippen molar-refractivity contribution in [3.8, 4) is 11.3 Å². The number of aromatic nitrogens is 2. The molecule has 4 nitrogen and oxygen atoms in total. The monoisotopic (exact) mass is 334 g/mol. The summed E-state index contributed by atoms with van der Waals surface area (Å²) in [5.41, 5.74) is 0.943. The van der Waals surface area contributed by atoms with Crippen LogP contribution in [0.25, 0.3) is 17.3 Å². The Bertz CT molecular complexity index is 721. The zero-order chi connectivity index (χ0) is 16.8. The summed E-state index contributed by atoms with van der Waals surface area (Å²) in [6.45, 7) is 7.61. The number of halogens is 1. The van der Waals surface area contributed by atoms with E-state index in [2.05, 4.69) is 5.10 Å². The minimum Gasteiger partial charge on any atom is -0.398 e. The Kier molecular flexibility index (Phi) is 3.98. The van der Waals surface area contributed by atoms with Crippen molar-refractivity contribution < 1.29 is 13.7 Å². The smallest absolute Gasteiger partial charge is 0.398 e. The Balaban J connectivity index is 1.85. The Morgan fingerprint density at radius 2 is 1.96 bits per heavy atom. The molecule has 0 unspecified atom stereocenters. The fourth-order valence-corrected chi connectivity index (χ4v) is 2.98. The number of thiophene rings is 1. The van der Waals surface area contributed by atoms with Crippen LogP contribution in [0.1, 0.15) is 33.4 Å². The summed E-state index contributed by atoms with van der Waals surface area (Å²) in [5.74, 6) is 0. The number of hydrogen-bond donors (Lipinski definition) is 0. The number of hydrogen-bond acceptors (Lipinski definition) is 4. The molecular formula is C16H20BFN2O2S. The first-order valence-electron chi connectivity index (χ1n) is 7.49. The summed E-state index contributed by atoms with van der Waals surface area (Å²) >= 11 is 1.60. The number of rotatable bonds is 3. The van der Waals surface area contributed by atoms with E-state index in [9.17, 15) is 4.39 Å². The highest BCUT2D eigenvalue weighted by Crippen LogP contribution is 2.39. The molecule has 2 aromatic heterocycles. The molecule has 0 spiro atoms. The van der Waals surface area contributed by atoms with Gasteiger partial charge in [-0.05, 0) is 51.3 Å². The van der Waals surface area contributed by atoms with E-state index in [0.717, 1.165) is 11.3 Å². The molecule has 0 aliphatic carbocycles. The lowest BCUT2D eigenvalue weighted by Gasteiger charge is -2.32. The van der Waals surface area contributed by atoms with Gasteiger partial charge in [-0.3, -0.25) is 4.68 Å². The first-order chi connectivity index (χ1) is 10.7. The molecule has 0 saturated carbocycles. The van der Waals surface area contributed by atoms with Gasteiger partial charge in [-0.1, -0.05) is 0 Å². The average Bonchev–Trinajstić information content (AvgIpc) is 3.11. The fraction of sp³-hybridized carbons (Fsp3) is 0.438. The summed E-state index contributed by atoms with van der Waals surface area (Å²) in [6, 6.07) is 3.85. The van der Waals surface area contributed by atoms with Crippen molar-refractivity contribution in [1.29, 1.82) is 0 Å². The third-order valence-electron chi connectivity index (χ3n) is 4.50. The van der Waals surface area contributed by atoms with E-state index in [1.807, 2.05) is 50.6 Å². The van der Waals surface area contributed by atoms with Gasteiger partial charge in [-0.15, -0.1) is 0 Å². The maximum Gasteiger partial charge on any atom is 0.525 e. The summed E-state index contributed by atoms with van der Waals surface area (Å²) in [5, 5.41) is 8.43. The van der Waals surface area contributed by atoms with Crippen molar-refractivity contribution in [2.75, 3.05) is 0 Å². The lowest BCUT2D eigenvalue weighted by molar-refractivity contribution is 0.00578. The highest BCUT2D eigenvalue weighted by atomic mass is 32.1. The molecule has 0 radical (unpaired) electrons.